The second kappa shape index (κ2) is 7.43. The maximum Gasteiger partial charge on any atom is 0.0639 e. The molecule has 0 bridgehead atoms. The predicted octanol–water partition coefficient (Wildman–Crippen LogP) is 1.29. The third-order valence-electron chi connectivity index (χ3n) is 2.60. The lowest BCUT2D eigenvalue weighted by Crippen LogP contribution is -2.37. The van der Waals surface area contributed by atoms with Gasteiger partial charge in [0.15, 0.2) is 0 Å². The highest BCUT2D eigenvalue weighted by molar-refractivity contribution is 5.14. The summed E-state index contributed by atoms with van der Waals surface area (Å²) in [6.07, 6.45) is 0.231. The summed E-state index contributed by atoms with van der Waals surface area (Å²) in [6, 6.07) is 10.3. The summed E-state index contributed by atoms with van der Waals surface area (Å²) in [5, 5.41) is 18.8. The molecule has 0 aliphatic heterocycles. The third kappa shape index (κ3) is 6.41. The highest BCUT2D eigenvalue weighted by Crippen LogP contribution is 2.03. The Bertz CT molecular complexity index is 288. The molecule has 0 aliphatic rings. The van der Waals surface area contributed by atoms with Crippen molar-refractivity contribution in [3.05, 3.63) is 35.9 Å². The van der Waals surface area contributed by atoms with Crippen LogP contribution >= 0.6 is 0 Å². The standard InChI is InChI=1S/C14H23NO2/c1-12(16)10-15(11-13(2)17)9-8-14-6-4-3-5-7-14/h3-7,12-13,16-17H,8-11H2,1-2H3. The summed E-state index contributed by atoms with van der Waals surface area (Å²) in [6.45, 7) is 5.63. The van der Waals surface area contributed by atoms with Crippen molar-refractivity contribution in [2.75, 3.05) is 19.6 Å². The zero-order chi connectivity index (χ0) is 12.7. The van der Waals surface area contributed by atoms with Gasteiger partial charge >= 0.3 is 0 Å². The molecule has 0 aromatic heterocycles. The first-order valence-corrected chi connectivity index (χ1v) is 6.20. The Labute approximate surface area is 104 Å². The van der Waals surface area contributed by atoms with E-state index in [9.17, 15) is 10.2 Å². The molecule has 96 valence electrons. The number of hydrogen-bond donors (Lipinski definition) is 2. The molecule has 2 N–H and O–H groups in total. The summed E-state index contributed by atoms with van der Waals surface area (Å²) in [5.74, 6) is 0. The molecule has 0 amide bonds. The first-order chi connectivity index (χ1) is 8.08. The van der Waals surface area contributed by atoms with Gasteiger partial charge in [0.2, 0.25) is 0 Å². The van der Waals surface area contributed by atoms with E-state index in [0.717, 1.165) is 13.0 Å². The van der Waals surface area contributed by atoms with Crippen LogP contribution in [0.2, 0.25) is 0 Å². The molecule has 0 saturated carbocycles. The molecule has 0 aliphatic carbocycles. The van der Waals surface area contributed by atoms with Gasteiger partial charge in [0.05, 0.1) is 12.2 Å². The van der Waals surface area contributed by atoms with E-state index < -0.39 is 0 Å². The Balaban J connectivity index is 2.43. The van der Waals surface area contributed by atoms with E-state index in [1.807, 2.05) is 18.2 Å². The number of aliphatic hydroxyl groups excluding tert-OH is 2. The number of hydrogen-bond acceptors (Lipinski definition) is 3. The number of nitrogens with zero attached hydrogens (tertiary/aromatic N) is 1. The molecule has 0 saturated heterocycles. The fraction of sp³-hybridized carbons (Fsp3) is 0.571. The maximum atomic E-state index is 9.41. The zero-order valence-electron chi connectivity index (χ0n) is 10.7. The minimum Gasteiger partial charge on any atom is -0.392 e. The predicted molar refractivity (Wildman–Crippen MR) is 69.9 cm³/mol. The lowest BCUT2D eigenvalue weighted by atomic mass is 10.1. The van der Waals surface area contributed by atoms with Crippen molar-refractivity contribution in [1.29, 1.82) is 0 Å². The van der Waals surface area contributed by atoms with Crippen molar-refractivity contribution in [2.45, 2.75) is 32.5 Å². The SMILES string of the molecule is CC(O)CN(CCc1ccccc1)CC(C)O. The lowest BCUT2D eigenvalue weighted by molar-refractivity contribution is 0.0843. The minimum absolute atomic E-state index is 0.357. The normalized spacial score (nSPS) is 14.9. The van der Waals surface area contributed by atoms with E-state index >= 15 is 0 Å². The Morgan fingerprint density at radius 3 is 2.00 bits per heavy atom. The molecule has 0 fully saturated rings. The molecule has 3 nitrogen and oxygen atoms in total. The first kappa shape index (κ1) is 14.2. The summed E-state index contributed by atoms with van der Waals surface area (Å²) in [4.78, 5) is 2.10. The Kier molecular flexibility index (Phi) is 6.19. The second-order valence-corrected chi connectivity index (χ2v) is 4.69. The lowest BCUT2D eigenvalue weighted by Gasteiger charge is -2.25. The molecule has 1 aromatic rings. The summed E-state index contributed by atoms with van der Waals surface area (Å²) in [7, 11) is 0. The largest absolute Gasteiger partial charge is 0.392 e. The van der Waals surface area contributed by atoms with Crippen molar-refractivity contribution < 1.29 is 10.2 Å². The van der Waals surface area contributed by atoms with Gasteiger partial charge in [-0.15, -0.1) is 0 Å². The zero-order valence-corrected chi connectivity index (χ0v) is 10.7. The topological polar surface area (TPSA) is 43.7 Å². The van der Waals surface area contributed by atoms with Crippen LogP contribution < -0.4 is 0 Å². The Hall–Kier alpha value is -0.900. The van der Waals surface area contributed by atoms with Crippen molar-refractivity contribution in [3.63, 3.8) is 0 Å². The van der Waals surface area contributed by atoms with Crippen molar-refractivity contribution in [1.82, 2.24) is 4.90 Å². The third-order valence-corrected chi connectivity index (χ3v) is 2.60. The number of aliphatic hydroxyl groups is 2. The van der Waals surface area contributed by atoms with E-state index in [2.05, 4.69) is 17.0 Å². The van der Waals surface area contributed by atoms with Crippen LogP contribution in [0.25, 0.3) is 0 Å². The fourth-order valence-electron chi connectivity index (χ4n) is 1.94. The molecule has 3 heteroatoms. The second-order valence-electron chi connectivity index (χ2n) is 4.69. The average molecular weight is 237 g/mol. The molecule has 1 rings (SSSR count). The van der Waals surface area contributed by atoms with Gasteiger partial charge in [0.25, 0.3) is 0 Å². The summed E-state index contributed by atoms with van der Waals surface area (Å²) in [5.41, 5.74) is 1.29. The van der Waals surface area contributed by atoms with Crippen LogP contribution in [0, 0.1) is 0 Å². The van der Waals surface area contributed by atoms with Crippen LogP contribution in [0.4, 0.5) is 0 Å². The molecule has 1 aromatic carbocycles. The van der Waals surface area contributed by atoms with Crippen LogP contribution in [0.15, 0.2) is 30.3 Å². The van der Waals surface area contributed by atoms with Gasteiger partial charge in [-0.25, -0.2) is 0 Å². The molecule has 0 heterocycles. The van der Waals surface area contributed by atoms with E-state index in [0.29, 0.717) is 13.1 Å². The van der Waals surface area contributed by atoms with Crippen molar-refractivity contribution >= 4 is 0 Å². The number of benzene rings is 1. The maximum absolute atomic E-state index is 9.41. The highest BCUT2D eigenvalue weighted by atomic mass is 16.3. The van der Waals surface area contributed by atoms with Crippen LogP contribution in [-0.2, 0) is 6.42 Å². The molecule has 0 spiro atoms. The van der Waals surface area contributed by atoms with Gasteiger partial charge in [-0.1, -0.05) is 30.3 Å². The summed E-state index contributed by atoms with van der Waals surface area (Å²) >= 11 is 0. The van der Waals surface area contributed by atoms with Gasteiger partial charge in [-0.05, 0) is 25.8 Å². The van der Waals surface area contributed by atoms with Gasteiger partial charge in [-0.3, -0.25) is 4.90 Å². The van der Waals surface area contributed by atoms with E-state index in [4.69, 9.17) is 0 Å². The first-order valence-electron chi connectivity index (χ1n) is 6.20. The van der Waals surface area contributed by atoms with Gasteiger partial charge < -0.3 is 10.2 Å². The molecule has 0 radical (unpaired) electrons. The molecule has 17 heavy (non-hydrogen) atoms. The summed E-state index contributed by atoms with van der Waals surface area (Å²) < 4.78 is 0. The minimum atomic E-state index is -0.357. The number of rotatable bonds is 7. The molecule has 2 atom stereocenters. The van der Waals surface area contributed by atoms with Crippen LogP contribution in [0.1, 0.15) is 19.4 Å². The Morgan fingerprint density at radius 1 is 1.00 bits per heavy atom. The molecule has 2 unspecified atom stereocenters. The van der Waals surface area contributed by atoms with Gasteiger partial charge in [-0.2, -0.15) is 0 Å². The van der Waals surface area contributed by atoms with Crippen LogP contribution in [-0.4, -0.2) is 47.0 Å². The van der Waals surface area contributed by atoms with Crippen LogP contribution in [0.3, 0.4) is 0 Å². The van der Waals surface area contributed by atoms with Crippen molar-refractivity contribution in [3.8, 4) is 0 Å². The van der Waals surface area contributed by atoms with E-state index in [1.165, 1.54) is 5.56 Å². The quantitative estimate of drug-likeness (QED) is 0.751. The Morgan fingerprint density at radius 2 is 1.53 bits per heavy atom. The molecular formula is C14H23NO2. The highest BCUT2D eigenvalue weighted by Gasteiger charge is 2.10. The van der Waals surface area contributed by atoms with Crippen LogP contribution in [0.5, 0.6) is 0 Å². The van der Waals surface area contributed by atoms with Gasteiger partial charge in [0.1, 0.15) is 0 Å². The van der Waals surface area contributed by atoms with E-state index in [1.54, 1.807) is 13.8 Å². The fourth-order valence-corrected chi connectivity index (χ4v) is 1.94. The monoisotopic (exact) mass is 237 g/mol. The van der Waals surface area contributed by atoms with Gasteiger partial charge in [0, 0.05) is 19.6 Å². The van der Waals surface area contributed by atoms with Crippen molar-refractivity contribution in [2.24, 2.45) is 0 Å². The average Bonchev–Trinajstić information content (AvgIpc) is 2.26. The smallest absolute Gasteiger partial charge is 0.0639 e. The van der Waals surface area contributed by atoms with E-state index in [-0.39, 0.29) is 12.2 Å². The molecular weight excluding hydrogens is 214 g/mol.